The fourth-order valence-electron chi connectivity index (χ4n) is 3.13. The molecule has 186 valence electrons. The second-order valence-electron chi connectivity index (χ2n) is 7.32. The summed E-state index contributed by atoms with van der Waals surface area (Å²) >= 11 is 13.9. The molecule has 1 N–H and O–H groups in total. The third kappa shape index (κ3) is 6.02. The molecule has 14 heteroatoms. The van der Waals surface area contributed by atoms with E-state index in [1.807, 2.05) is 0 Å². The molecule has 0 aliphatic rings. The van der Waals surface area contributed by atoms with Gasteiger partial charge < -0.3 is 0 Å². The average Bonchev–Trinajstić information content (AvgIpc) is 3.26. The first-order chi connectivity index (χ1) is 17.1. The van der Waals surface area contributed by atoms with E-state index >= 15 is 0 Å². The Bertz CT molecular complexity index is 1510. The number of benzene rings is 3. The van der Waals surface area contributed by atoms with E-state index in [1.165, 1.54) is 23.9 Å². The van der Waals surface area contributed by atoms with Crippen LogP contribution in [-0.2, 0) is 22.3 Å². The van der Waals surface area contributed by atoms with Crippen LogP contribution in [0, 0.1) is 15.9 Å². The van der Waals surface area contributed by atoms with E-state index in [1.54, 1.807) is 34.9 Å². The lowest BCUT2D eigenvalue weighted by molar-refractivity contribution is -0.384. The SMILES string of the molecule is O=[N+]([O-])c1ccc(S(=O)(=O)NCc2nnc(SCc3ccc(F)cc3)n2-c2cc(Cl)ccc2Cl)cc1. The van der Waals surface area contributed by atoms with Gasteiger partial charge in [0.05, 0.1) is 27.1 Å². The zero-order valence-electron chi connectivity index (χ0n) is 18.1. The molecule has 0 spiro atoms. The summed E-state index contributed by atoms with van der Waals surface area (Å²) in [5, 5.41) is 20.3. The maximum atomic E-state index is 13.2. The molecular formula is C22H16Cl2FN5O4S2. The molecule has 0 saturated heterocycles. The predicted molar refractivity (Wildman–Crippen MR) is 134 cm³/mol. The summed E-state index contributed by atoms with van der Waals surface area (Å²) in [5.74, 6) is 0.317. The first-order valence-corrected chi connectivity index (χ1v) is 13.4. The summed E-state index contributed by atoms with van der Waals surface area (Å²) in [7, 11) is -4.02. The molecular weight excluding hydrogens is 552 g/mol. The van der Waals surface area contributed by atoms with Gasteiger partial charge in [-0.15, -0.1) is 10.2 Å². The van der Waals surface area contributed by atoms with Crippen LogP contribution >= 0.6 is 35.0 Å². The number of hydrogen-bond acceptors (Lipinski definition) is 7. The zero-order chi connectivity index (χ0) is 25.9. The quantitative estimate of drug-likeness (QED) is 0.163. The summed E-state index contributed by atoms with van der Waals surface area (Å²) in [6.45, 7) is -0.258. The van der Waals surface area contributed by atoms with Crippen LogP contribution in [-0.4, -0.2) is 28.1 Å². The highest BCUT2D eigenvalue weighted by molar-refractivity contribution is 7.98. The maximum Gasteiger partial charge on any atom is 0.269 e. The predicted octanol–water partition coefficient (Wildman–Crippen LogP) is 5.39. The minimum Gasteiger partial charge on any atom is -0.271 e. The van der Waals surface area contributed by atoms with Crippen LogP contribution in [0.25, 0.3) is 5.69 Å². The standard InChI is InChI=1S/C22H16Cl2FN5O4S2/c23-15-3-10-19(24)20(11-15)29-21(27-28-22(29)35-13-14-1-4-16(25)5-2-14)12-26-36(33,34)18-8-6-17(7-9-18)30(31)32/h1-11,26H,12-13H2. The van der Waals surface area contributed by atoms with Gasteiger partial charge in [-0.1, -0.05) is 47.1 Å². The molecule has 4 aromatic rings. The van der Waals surface area contributed by atoms with Crippen molar-refractivity contribution in [2.24, 2.45) is 0 Å². The van der Waals surface area contributed by atoms with Crippen LogP contribution in [0.3, 0.4) is 0 Å². The Kier molecular flexibility index (Phi) is 7.91. The second-order valence-corrected chi connectivity index (χ2v) is 10.9. The van der Waals surface area contributed by atoms with Gasteiger partial charge in [-0.3, -0.25) is 14.7 Å². The zero-order valence-corrected chi connectivity index (χ0v) is 21.3. The number of hydrogen-bond donors (Lipinski definition) is 1. The Balaban J connectivity index is 1.62. The van der Waals surface area contributed by atoms with Gasteiger partial charge in [-0.2, -0.15) is 0 Å². The van der Waals surface area contributed by atoms with Crippen molar-refractivity contribution in [3.63, 3.8) is 0 Å². The Morgan fingerprint density at radius 2 is 1.72 bits per heavy atom. The number of nitrogens with zero attached hydrogens (tertiary/aromatic N) is 4. The van der Waals surface area contributed by atoms with Gasteiger partial charge in [0.15, 0.2) is 11.0 Å². The fraction of sp³-hybridized carbons (Fsp3) is 0.0909. The van der Waals surface area contributed by atoms with Gasteiger partial charge in [-0.05, 0) is 48.0 Å². The van der Waals surface area contributed by atoms with Gasteiger partial charge in [0.25, 0.3) is 5.69 Å². The van der Waals surface area contributed by atoms with Gasteiger partial charge in [0.1, 0.15) is 5.82 Å². The third-order valence-electron chi connectivity index (χ3n) is 4.91. The number of nitrogens with one attached hydrogen (secondary N) is 1. The van der Waals surface area contributed by atoms with Crippen LogP contribution in [0.4, 0.5) is 10.1 Å². The first-order valence-electron chi connectivity index (χ1n) is 10.1. The molecule has 0 unspecified atom stereocenters. The molecule has 36 heavy (non-hydrogen) atoms. The molecule has 0 amide bonds. The van der Waals surface area contributed by atoms with Gasteiger partial charge in [-0.25, -0.2) is 17.5 Å². The highest BCUT2D eigenvalue weighted by Crippen LogP contribution is 2.31. The smallest absolute Gasteiger partial charge is 0.269 e. The number of halogens is 3. The lowest BCUT2D eigenvalue weighted by atomic mass is 10.2. The Labute approximate surface area is 219 Å². The number of thioether (sulfide) groups is 1. The molecule has 0 saturated carbocycles. The van der Waals surface area contributed by atoms with Crippen molar-refractivity contribution in [1.82, 2.24) is 19.5 Å². The highest BCUT2D eigenvalue weighted by atomic mass is 35.5. The van der Waals surface area contributed by atoms with Crippen molar-refractivity contribution in [1.29, 1.82) is 0 Å². The Morgan fingerprint density at radius 3 is 2.39 bits per heavy atom. The minimum atomic E-state index is -4.02. The molecule has 0 aliphatic heterocycles. The van der Waals surface area contributed by atoms with E-state index in [-0.39, 0.29) is 28.8 Å². The van der Waals surface area contributed by atoms with Crippen LogP contribution < -0.4 is 4.72 Å². The van der Waals surface area contributed by atoms with Crippen molar-refractivity contribution in [3.05, 3.63) is 104 Å². The molecule has 1 heterocycles. The second kappa shape index (κ2) is 10.9. The van der Waals surface area contributed by atoms with Gasteiger partial charge >= 0.3 is 0 Å². The summed E-state index contributed by atoms with van der Waals surface area (Å²) in [5.41, 5.74) is 1.06. The molecule has 0 aliphatic carbocycles. The van der Waals surface area contributed by atoms with E-state index < -0.39 is 14.9 Å². The van der Waals surface area contributed by atoms with Gasteiger partial charge in [0, 0.05) is 22.9 Å². The lowest BCUT2D eigenvalue weighted by Gasteiger charge is -2.13. The van der Waals surface area contributed by atoms with E-state index in [0.717, 1.165) is 29.8 Å². The molecule has 3 aromatic carbocycles. The number of rotatable bonds is 9. The first kappa shape index (κ1) is 26.0. The third-order valence-corrected chi connectivity index (χ3v) is 7.88. The normalized spacial score (nSPS) is 11.5. The van der Waals surface area contributed by atoms with Crippen LogP contribution in [0.1, 0.15) is 11.4 Å². The van der Waals surface area contributed by atoms with E-state index in [0.29, 0.717) is 26.6 Å². The topological polar surface area (TPSA) is 120 Å². The van der Waals surface area contributed by atoms with Crippen LogP contribution in [0.15, 0.2) is 76.8 Å². The van der Waals surface area contributed by atoms with Crippen LogP contribution in [0.5, 0.6) is 0 Å². The van der Waals surface area contributed by atoms with Crippen molar-refractivity contribution in [3.8, 4) is 5.69 Å². The number of non-ortho nitro benzene ring substituents is 1. The summed E-state index contributed by atoms with van der Waals surface area (Å²) in [6, 6.07) is 15.3. The van der Waals surface area contributed by atoms with E-state index in [4.69, 9.17) is 23.2 Å². The van der Waals surface area contributed by atoms with Crippen molar-refractivity contribution >= 4 is 50.7 Å². The minimum absolute atomic E-state index is 0.147. The highest BCUT2D eigenvalue weighted by Gasteiger charge is 2.21. The molecule has 1 aromatic heterocycles. The fourth-order valence-corrected chi connectivity index (χ4v) is 5.39. The average molecular weight is 568 g/mol. The number of nitro groups is 1. The molecule has 0 atom stereocenters. The van der Waals surface area contributed by atoms with Gasteiger partial charge in [0.2, 0.25) is 10.0 Å². The monoisotopic (exact) mass is 567 g/mol. The number of sulfonamides is 1. The summed E-state index contributed by atoms with van der Waals surface area (Å²) < 4.78 is 42.8. The molecule has 9 nitrogen and oxygen atoms in total. The van der Waals surface area contributed by atoms with E-state index in [9.17, 15) is 22.9 Å². The Hall–Kier alpha value is -3.03. The van der Waals surface area contributed by atoms with Crippen molar-refractivity contribution in [2.45, 2.75) is 22.3 Å². The summed E-state index contributed by atoms with van der Waals surface area (Å²) in [4.78, 5) is 10.1. The molecule has 0 radical (unpaired) electrons. The number of nitro benzene ring substituents is 1. The van der Waals surface area contributed by atoms with Crippen molar-refractivity contribution < 1.29 is 17.7 Å². The summed E-state index contributed by atoms with van der Waals surface area (Å²) in [6.07, 6.45) is 0. The largest absolute Gasteiger partial charge is 0.271 e. The van der Waals surface area contributed by atoms with Crippen molar-refractivity contribution in [2.75, 3.05) is 0 Å². The maximum absolute atomic E-state index is 13.2. The lowest BCUT2D eigenvalue weighted by Crippen LogP contribution is -2.25. The number of aromatic nitrogens is 3. The molecule has 4 rings (SSSR count). The Morgan fingerprint density at radius 1 is 1.03 bits per heavy atom. The van der Waals surface area contributed by atoms with E-state index in [2.05, 4.69) is 14.9 Å². The molecule has 0 fully saturated rings. The van der Waals surface area contributed by atoms with Crippen LogP contribution in [0.2, 0.25) is 10.0 Å². The molecule has 0 bridgehead atoms.